The summed E-state index contributed by atoms with van der Waals surface area (Å²) in [7, 11) is 1.53. The van der Waals surface area contributed by atoms with Gasteiger partial charge in [-0.05, 0) is 35.8 Å². The smallest absolute Gasteiger partial charge is 0.334 e. The van der Waals surface area contributed by atoms with Crippen LogP contribution in [0.3, 0.4) is 0 Å². The summed E-state index contributed by atoms with van der Waals surface area (Å²) in [6.45, 7) is 4.24. The van der Waals surface area contributed by atoms with E-state index in [0.717, 1.165) is 10.5 Å². The molecule has 0 radical (unpaired) electrons. The maximum atomic E-state index is 13.2. The molecular weight excluding hydrogens is 429 g/mol. The van der Waals surface area contributed by atoms with E-state index in [1.807, 2.05) is 6.92 Å². The van der Waals surface area contributed by atoms with E-state index in [1.54, 1.807) is 10.9 Å². The van der Waals surface area contributed by atoms with Crippen molar-refractivity contribution >= 4 is 27.5 Å². The summed E-state index contributed by atoms with van der Waals surface area (Å²) < 4.78 is 42.8. The molecule has 0 saturated carbocycles. The van der Waals surface area contributed by atoms with Gasteiger partial charge in [0.25, 0.3) is 5.91 Å². The van der Waals surface area contributed by atoms with Gasteiger partial charge in [-0.1, -0.05) is 0 Å². The number of halogens is 4. The van der Waals surface area contributed by atoms with Crippen molar-refractivity contribution in [3.8, 4) is 0 Å². The summed E-state index contributed by atoms with van der Waals surface area (Å²) in [5.41, 5.74) is -0.295. The van der Waals surface area contributed by atoms with E-state index in [4.69, 9.17) is 0 Å². The Kier molecular flexibility index (Phi) is 4.98. The molecule has 0 spiro atoms. The molecule has 0 atom stereocenters. The molecule has 0 saturated heterocycles. The summed E-state index contributed by atoms with van der Waals surface area (Å²) in [5, 5.41) is 8.17. The van der Waals surface area contributed by atoms with Crippen LogP contribution in [0.25, 0.3) is 5.65 Å². The monoisotopic (exact) mass is 444 g/mol. The van der Waals surface area contributed by atoms with E-state index in [9.17, 15) is 18.0 Å². The standard InChI is InChI=1S/C16H16BrF3N6O/c1-4-25-7-10(17)12(22-25)8-24(3)15(27)11-6-14-21-9(2)5-13(16(18,19)20)26(14)23-11/h5-7H,4,8H2,1-3H3. The highest BCUT2D eigenvalue weighted by Crippen LogP contribution is 2.30. The second-order valence-electron chi connectivity index (χ2n) is 6.02. The predicted molar refractivity (Wildman–Crippen MR) is 94.1 cm³/mol. The second-order valence-corrected chi connectivity index (χ2v) is 6.88. The molecule has 0 bridgehead atoms. The lowest BCUT2D eigenvalue weighted by Crippen LogP contribution is -2.27. The molecule has 11 heteroatoms. The van der Waals surface area contributed by atoms with Crippen molar-refractivity contribution < 1.29 is 18.0 Å². The van der Waals surface area contributed by atoms with Crippen LogP contribution in [-0.4, -0.2) is 42.2 Å². The normalized spacial score (nSPS) is 12.0. The van der Waals surface area contributed by atoms with Gasteiger partial charge in [0, 0.05) is 31.5 Å². The minimum atomic E-state index is -4.61. The number of carbonyl (C=O) groups excluding carboxylic acids is 1. The van der Waals surface area contributed by atoms with E-state index in [-0.39, 0.29) is 23.6 Å². The third-order valence-corrected chi connectivity index (χ3v) is 4.57. The van der Waals surface area contributed by atoms with Gasteiger partial charge in [0.15, 0.2) is 11.3 Å². The zero-order valence-electron chi connectivity index (χ0n) is 14.7. The van der Waals surface area contributed by atoms with Crippen molar-refractivity contribution in [1.82, 2.24) is 29.3 Å². The largest absolute Gasteiger partial charge is 0.433 e. The van der Waals surface area contributed by atoms with Gasteiger partial charge in [0.2, 0.25) is 0 Å². The molecule has 3 heterocycles. The first-order valence-corrected chi connectivity index (χ1v) is 8.81. The Bertz CT molecular complexity index is 1010. The zero-order valence-corrected chi connectivity index (χ0v) is 16.3. The van der Waals surface area contributed by atoms with Crippen molar-refractivity contribution in [2.24, 2.45) is 0 Å². The van der Waals surface area contributed by atoms with Gasteiger partial charge in [-0.15, -0.1) is 0 Å². The number of fused-ring (bicyclic) bond motifs is 1. The average Bonchev–Trinajstić information content (AvgIpc) is 3.15. The molecule has 0 fully saturated rings. The number of hydrogen-bond acceptors (Lipinski definition) is 4. The summed E-state index contributed by atoms with van der Waals surface area (Å²) in [4.78, 5) is 18.0. The van der Waals surface area contributed by atoms with Crippen molar-refractivity contribution in [1.29, 1.82) is 0 Å². The molecule has 144 valence electrons. The molecule has 0 N–H and O–H groups in total. The quantitative estimate of drug-likeness (QED) is 0.618. The first-order chi connectivity index (χ1) is 12.6. The first kappa shape index (κ1) is 19.3. The summed E-state index contributed by atoms with van der Waals surface area (Å²) in [5.74, 6) is -0.524. The van der Waals surface area contributed by atoms with Crippen LogP contribution >= 0.6 is 15.9 Å². The van der Waals surface area contributed by atoms with Crippen LogP contribution in [0.2, 0.25) is 0 Å². The third kappa shape index (κ3) is 3.82. The van der Waals surface area contributed by atoms with Gasteiger partial charge in [0.1, 0.15) is 5.69 Å². The molecule has 3 aromatic rings. The molecule has 7 nitrogen and oxygen atoms in total. The first-order valence-electron chi connectivity index (χ1n) is 8.02. The van der Waals surface area contributed by atoms with Crippen LogP contribution in [0.4, 0.5) is 13.2 Å². The number of rotatable bonds is 4. The maximum Gasteiger partial charge on any atom is 0.433 e. The fourth-order valence-corrected chi connectivity index (χ4v) is 3.05. The third-order valence-electron chi connectivity index (χ3n) is 3.91. The lowest BCUT2D eigenvalue weighted by molar-refractivity contribution is -0.142. The number of aryl methyl sites for hydroxylation is 2. The Morgan fingerprint density at radius 3 is 2.59 bits per heavy atom. The van der Waals surface area contributed by atoms with Crippen molar-refractivity contribution in [2.75, 3.05) is 7.05 Å². The van der Waals surface area contributed by atoms with E-state index in [0.29, 0.717) is 16.8 Å². The molecule has 0 aromatic carbocycles. The predicted octanol–water partition coefficient (Wildman–Crippen LogP) is 3.31. The Morgan fingerprint density at radius 2 is 2.00 bits per heavy atom. The highest BCUT2D eigenvalue weighted by molar-refractivity contribution is 9.10. The minimum Gasteiger partial charge on any atom is -0.334 e. The van der Waals surface area contributed by atoms with Crippen LogP contribution in [0.1, 0.15) is 34.5 Å². The van der Waals surface area contributed by atoms with Gasteiger partial charge < -0.3 is 4.90 Å². The van der Waals surface area contributed by atoms with Crippen molar-refractivity contribution in [3.05, 3.63) is 45.6 Å². The Morgan fingerprint density at radius 1 is 1.30 bits per heavy atom. The molecule has 3 rings (SSSR count). The SMILES string of the molecule is CCn1cc(Br)c(CN(C)C(=O)c2cc3nc(C)cc(C(F)(F)F)n3n2)n1. The van der Waals surface area contributed by atoms with Crippen LogP contribution in [0.5, 0.6) is 0 Å². The van der Waals surface area contributed by atoms with Crippen LogP contribution in [0.15, 0.2) is 22.8 Å². The lowest BCUT2D eigenvalue weighted by Gasteiger charge is -2.14. The van der Waals surface area contributed by atoms with E-state index >= 15 is 0 Å². The number of amides is 1. The minimum absolute atomic E-state index is 0.0319. The Labute approximate surface area is 160 Å². The van der Waals surface area contributed by atoms with E-state index in [2.05, 4.69) is 31.1 Å². The molecule has 0 unspecified atom stereocenters. The number of hydrogen-bond donors (Lipinski definition) is 0. The van der Waals surface area contributed by atoms with E-state index in [1.165, 1.54) is 24.9 Å². The maximum absolute atomic E-state index is 13.2. The van der Waals surface area contributed by atoms with Crippen LogP contribution < -0.4 is 0 Å². The van der Waals surface area contributed by atoms with Gasteiger partial charge in [-0.25, -0.2) is 9.50 Å². The molecule has 0 aliphatic carbocycles. The second kappa shape index (κ2) is 6.95. The molecule has 0 aliphatic heterocycles. The van der Waals surface area contributed by atoms with Crippen LogP contribution in [0, 0.1) is 6.92 Å². The summed E-state index contributed by atoms with van der Waals surface area (Å²) in [6, 6.07) is 2.15. The lowest BCUT2D eigenvalue weighted by atomic mass is 10.3. The fraction of sp³-hybridized carbons (Fsp3) is 0.375. The molecule has 3 aromatic heterocycles. The Hall–Kier alpha value is -2.43. The topological polar surface area (TPSA) is 68.3 Å². The number of carbonyl (C=O) groups is 1. The zero-order chi connectivity index (χ0) is 19.9. The van der Waals surface area contributed by atoms with Crippen molar-refractivity contribution in [2.45, 2.75) is 33.1 Å². The number of alkyl halides is 3. The summed E-state index contributed by atoms with van der Waals surface area (Å²) in [6.07, 6.45) is -2.82. The highest BCUT2D eigenvalue weighted by atomic mass is 79.9. The highest BCUT2D eigenvalue weighted by Gasteiger charge is 2.35. The molecule has 1 amide bonds. The fourth-order valence-electron chi connectivity index (χ4n) is 2.60. The average molecular weight is 445 g/mol. The number of nitrogens with zero attached hydrogens (tertiary/aromatic N) is 6. The van der Waals surface area contributed by atoms with Gasteiger partial charge in [-0.2, -0.15) is 23.4 Å². The summed E-state index contributed by atoms with van der Waals surface area (Å²) >= 11 is 3.38. The van der Waals surface area contributed by atoms with Gasteiger partial charge in [0.05, 0.1) is 16.7 Å². The van der Waals surface area contributed by atoms with Gasteiger partial charge in [-0.3, -0.25) is 9.48 Å². The van der Waals surface area contributed by atoms with Crippen LogP contribution in [-0.2, 0) is 19.3 Å². The molecule has 0 aliphatic rings. The number of aromatic nitrogens is 5. The van der Waals surface area contributed by atoms with E-state index < -0.39 is 17.8 Å². The molecular formula is C16H16BrF3N6O. The van der Waals surface area contributed by atoms with Crippen molar-refractivity contribution in [3.63, 3.8) is 0 Å². The van der Waals surface area contributed by atoms with Gasteiger partial charge >= 0.3 is 6.18 Å². The molecule has 27 heavy (non-hydrogen) atoms. The Balaban J connectivity index is 1.92.